The Morgan fingerprint density at radius 2 is 1.91 bits per heavy atom. The Balaban J connectivity index is 1.14. The van der Waals surface area contributed by atoms with Crippen LogP contribution in [0.1, 0.15) is 15.9 Å². The zero-order valence-corrected chi connectivity index (χ0v) is 19.7. The first-order valence-corrected chi connectivity index (χ1v) is 11.7. The van der Waals surface area contributed by atoms with Crippen LogP contribution in [-0.4, -0.2) is 70.1 Å². The van der Waals surface area contributed by atoms with Crippen molar-refractivity contribution >= 4 is 34.4 Å². The molecule has 2 aromatic carbocycles. The van der Waals surface area contributed by atoms with Gasteiger partial charge in [0, 0.05) is 61.7 Å². The van der Waals surface area contributed by atoms with E-state index in [1.165, 1.54) is 0 Å². The maximum Gasteiger partial charge on any atom is 0.251 e. The van der Waals surface area contributed by atoms with E-state index in [2.05, 4.69) is 36.5 Å². The second kappa shape index (κ2) is 9.79. The lowest BCUT2D eigenvalue weighted by Crippen LogP contribution is -2.48. The van der Waals surface area contributed by atoms with Crippen molar-refractivity contribution in [2.45, 2.75) is 6.92 Å². The van der Waals surface area contributed by atoms with Crippen LogP contribution in [0.15, 0.2) is 60.8 Å². The molecule has 3 heterocycles. The Morgan fingerprint density at radius 3 is 2.71 bits per heavy atom. The van der Waals surface area contributed by atoms with Gasteiger partial charge in [-0.05, 0) is 61.0 Å². The number of benzene rings is 2. The van der Waals surface area contributed by atoms with E-state index in [0.29, 0.717) is 17.8 Å². The topological polar surface area (TPSA) is 79.2 Å². The number of rotatable bonds is 6. The smallest absolute Gasteiger partial charge is 0.251 e. The van der Waals surface area contributed by atoms with Crippen molar-refractivity contribution in [1.82, 2.24) is 30.2 Å². The van der Waals surface area contributed by atoms with Crippen molar-refractivity contribution in [3.8, 4) is 5.69 Å². The van der Waals surface area contributed by atoms with Crippen LogP contribution in [0.5, 0.6) is 0 Å². The predicted molar refractivity (Wildman–Crippen MR) is 134 cm³/mol. The summed E-state index contributed by atoms with van der Waals surface area (Å²) >= 11 is 6.12. The number of anilines is 1. The van der Waals surface area contributed by atoms with E-state index < -0.39 is 0 Å². The Labute approximate surface area is 203 Å². The van der Waals surface area contributed by atoms with E-state index in [1.54, 1.807) is 10.9 Å². The molecule has 0 radical (unpaired) electrons. The van der Waals surface area contributed by atoms with Crippen molar-refractivity contribution in [1.29, 1.82) is 0 Å². The molecule has 1 saturated heterocycles. The van der Waals surface area contributed by atoms with Gasteiger partial charge >= 0.3 is 0 Å². The monoisotopic (exact) mass is 475 g/mol. The third-order valence-electron chi connectivity index (χ3n) is 6.15. The molecule has 5 rings (SSSR count). The number of hydrogen-bond acceptors (Lipinski definition) is 6. The lowest BCUT2D eigenvalue weighted by Gasteiger charge is -2.36. The Bertz CT molecular complexity index is 1310. The van der Waals surface area contributed by atoms with E-state index >= 15 is 0 Å². The van der Waals surface area contributed by atoms with Gasteiger partial charge in [-0.15, -0.1) is 5.10 Å². The number of nitrogens with zero attached hydrogens (tertiary/aromatic N) is 6. The highest BCUT2D eigenvalue weighted by molar-refractivity contribution is 6.30. The summed E-state index contributed by atoms with van der Waals surface area (Å²) in [6.45, 7) is 7.19. The highest BCUT2D eigenvalue weighted by Crippen LogP contribution is 2.21. The van der Waals surface area contributed by atoms with Crippen LogP contribution in [0.3, 0.4) is 0 Å². The highest BCUT2D eigenvalue weighted by Gasteiger charge is 2.18. The largest absolute Gasteiger partial charge is 0.369 e. The average molecular weight is 476 g/mol. The van der Waals surface area contributed by atoms with Crippen LogP contribution in [0.4, 0.5) is 5.69 Å². The number of piperazine rings is 1. The molecule has 1 N–H and O–H groups in total. The molecular formula is C25H26ClN7O. The van der Waals surface area contributed by atoms with E-state index in [9.17, 15) is 4.79 Å². The molecule has 0 aliphatic carbocycles. The van der Waals surface area contributed by atoms with Crippen LogP contribution in [0, 0.1) is 6.92 Å². The van der Waals surface area contributed by atoms with E-state index in [0.717, 1.165) is 60.2 Å². The van der Waals surface area contributed by atoms with Gasteiger partial charge in [0.05, 0.1) is 5.69 Å². The molecule has 0 spiro atoms. The molecule has 9 heteroatoms. The first kappa shape index (κ1) is 22.3. The number of halogens is 1. The molecule has 0 unspecified atom stereocenters. The van der Waals surface area contributed by atoms with Crippen LogP contribution in [-0.2, 0) is 0 Å². The number of hydrogen-bond donors (Lipinski definition) is 1. The van der Waals surface area contributed by atoms with Crippen LogP contribution < -0.4 is 10.2 Å². The third kappa shape index (κ3) is 4.73. The van der Waals surface area contributed by atoms with Gasteiger partial charge in [-0.3, -0.25) is 9.69 Å². The number of aryl methyl sites for hydroxylation is 1. The van der Waals surface area contributed by atoms with Crippen molar-refractivity contribution in [2.24, 2.45) is 0 Å². The highest BCUT2D eigenvalue weighted by atomic mass is 35.5. The van der Waals surface area contributed by atoms with Gasteiger partial charge in [-0.2, -0.15) is 4.68 Å². The first-order chi connectivity index (χ1) is 16.6. The fraction of sp³-hybridized carbons (Fsp3) is 0.280. The minimum Gasteiger partial charge on any atom is -0.369 e. The number of nitrogens with one attached hydrogen (secondary N) is 1. The fourth-order valence-corrected chi connectivity index (χ4v) is 4.48. The molecule has 2 aromatic heterocycles. The first-order valence-electron chi connectivity index (χ1n) is 11.4. The summed E-state index contributed by atoms with van der Waals surface area (Å²) in [5.41, 5.74) is 5.01. The van der Waals surface area contributed by atoms with Crippen LogP contribution in [0.25, 0.3) is 16.9 Å². The molecule has 8 nitrogen and oxygen atoms in total. The molecule has 34 heavy (non-hydrogen) atoms. The molecule has 0 saturated carbocycles. The van der Waals surface area contributed by atoms with Gasteiger partial charge in [-0.25, -0.2) is 4.98 Å². The summed E-state index contributed by atoms with van der Waals surface area (Å²) in [5, 5.41) is 12.2. The Hall–Kier alpha value is -3.49. The van der Waals surface area contributed by atoms with Gasteiger partial charge in [0.2, 0.25) is 0 Å². The Kier molecular flexibility index (Phi) is 6.42. The van der Waals surface area contributed by atoms with Crippen molar-refractivity contribution in [3.63, 3.8) is 0 Å². The zero-order valence-electron chi connectivity index (χ0n) is 19.0. The van der Waals surface area contributed by atoms with Crippen LogP contribution >= 0.6 is 11.6 Å². The number of pyridine rings is 1. The number of aromatic nitrogens is 4. The van der Waals surface area contributed by atoms with E-state index in [-0.39, 0.29) is 5.91 Å². The summed E-state index contributed by atoms with van der Waals surface area (Å²) in [7, 11) is 0. The lowest BCUT2D eigenvalue weighted by atomic mass is 10.1. The molecule has 0 bridgehead atoms. The Morgan fingerprint density at radius 1 is 1.06 bits per heavy atom. The molecule has 174 valence electrons. The third-order valence-corrected chi connectivity index (χ3v) is 6.39. The molecule has 4 aromatic rings. The van der Waals surface area contributed by atoms with Crippen molar-refractivity contribution < 1.29 is 4.79 Å². The second-order valence-electron chi connectivity index (χ2n) is 8.41. The summed E-state index contributed by atoms with van der Waals surface area (Å²) < 4.78 is 1.70. The van der Waals surface area contributed by atoms with Gasteiger partial charge in [0.1, 0.15) is 5.52 Å². The SMILES string of the molecule is Cc1cc(C(=O)NCCN2CCN(c3cccc(Cl)c3)CC2)ccc1-n1nnc2cccnc21. The maximum atomic E-state index is 12.7. The molecule has 1 fully saturated rings. The predicted octanol–water partition coefficient (Wildman–Crippen LogP) is 3.33. The minimum atomic E-state index is -0.0752. The average Bonchev–Trinajstić information content (AvgIpc) is 3.28. The lowest BCUT2D eigenvalue weighted by molar-refractivity contribution is 0.0947. The molecule has 1 amide bonds. The minimum absolute atomic E-state index is 0.0752. The number of fused-ring (bicyclic) bond motifs is 1. The van der Waals surface area contributed by atoms with Gasteiger partial charge in [-0.1, -0.05) is 22.9 Å². The summed E-state index contributed by atoms with van der Waals surface area (Å²) in [6, 6.07) is 17.3. The maximum absolute atomic E-state index is 12.7. The summed E-state index contributed by atoms with van der Waals surface area (Å²) in [5.74, 6) is -0.0752. The molecule has 1 aliphatic heterocycles. The summed E-state index contributed by atoms with van der Waals surface area (Å²) in [6.07, 6.45) is 1.72. The van der Waals surface area contributed by atoms with Gasteiger partial charge in [0.25, 0.3) is 5.91 Å². The van der Waals surface area contributed by atoms with Crippen molar-refractivity contribution in [3.05, 3.63) is 76.9 Å². The number of carbonyl (C=O) groups excluding carboxylic acids is 1. The number of amides is 1. The van der Waals surface area contributed by atoms with E-state index in [1.807, 2.05) is 55.5 Å². The van der Waals surface area contributed by atoms with Crippen molar-refractivity contribution in [2.75, 3.05) is 44.2 Å². The van der Waals surface area contributed by atoms with Gasteiger partial charge in [0.15, 0.2) is 5.65 Å². The zero-order chi connectivity index (χ0) is 23.5. The van der Waals surface area contributed by atoms with Crippen LogP contribution in [0.2, 0.25) is 5.02 Å². The van der Waals surface area contributed by atoms with Gasteiger partial charge < -0.3 is 10.2 Å². The quantitative estimate of drug-likeness (QED) is 0.461. The normalized spacial score (nSPS) is 14.5. The fourth-order valence-electron chi connectivity index (χ4n) is 4.29. The number of carbonyl (C=O) groups is 1. The molecule has 0 atom stereocenters. The second-order valence-corrected chi connectivity index (χ2v) is 8.85. The molecule has 1 aliphatic rings. The van der Waals surface area contributed by atoms with E-state index in [4.69, 9.17) is 11.6 Å². The molecular weight excluding hydrogens is 450 g/mol. The summed E-state index contributed by atoms with van der Waals surface area (Å²) in [4.78, 5) is 21.8. The standard InChI is InChI=1S/C25H26ClN7O/c1-18-16-19(7-8-23(18)33-24-22(29-30-33)6-3-9-27-24)25(34)28-10-11-31-12-14-32(15-13-31)21-5-2-4-20(26)17-21/h2-9,16-17H,10-15H2,1H3,(H,28,34).